The van der Waals surface area contributed by atoms with E-state index in [0.717, 1.165) is 32.6 Å². The van der Waals surface area contributed by atoms with Gasteiger partial charge < -0.3 is 10.1 Å². The van der Waals surface area contributed by atoms with E-state index in [0.29, 0.717) is 5.92 Å². The molecule has 1 aliphatic rings. The van der Waals surface area contributed by atoms with Crippen molar-refractivity contribution in [3.05, 3.63) is 35.9 Å². The van der Waals surface area contributed by atoms with Crippen LogP contribution in [0.15, 0.2) is 30.3 Å². The third-order valence-corrected chi connectivity index (χ3v) is 4.09. The topological polar surface area (TPSA) is 21.3 Å². The molecule has 18 heavy (non-hydrogen) atoms. The first-order chi connectivity index (χ1) is 8.70. The van der Waals surface area contributed by atoms with Crippen molar-refractivity contribution in [2.45, 2.75) is 44.6 Å². The normalized spacial score (nSPS) is 20.6. The molecule has 2 nitrogen and oxygen atoms in total. The molecule has 1 aromatic carbocycles. The average molecular weight is 247 g/mol. The van der Waals surface area contributed by atoms with E-state index in [-0.39, 0.29) is 5.54 Å². The predicted molar refractivity (Wildman–Crippen MR) is 75.9 cm³/mol. The fourth-order valence-electron chi connectivity index (χ4n) is 2.54. The van der Waals surface area contributed by atoms with Crippen molar-refractivity contribution in [2.24, 2.45) is 0 Å². The van der Waals surface area contributed by atoms with Crippen LogP contribution in [0, 0.1) is 0 Å². The zero-order chi connectivity index (χ0) is 12.8. The molecule has 0 aliphatic carbocycles. The Morgan fingerprint density at radius 1 is 1.22 bits per heavy atom. The molecule has 0 amide bonds. The summed E-state index contributed by atoms with van der Waals surface area (Å²) >= 11 is 0. The molecule has 2 heteroatoms. The number of rotatable bonds is 5. The third kappa shape index (κ3) is 3.82. The van der Waals surface area contributed by atoms with Crippen LogP contribution in [0.3, 0.4) is 0 Å². The highest BCUT2D eigenvalue weighted by atomic mass is 16.5. The molecule has 1 atom stereocenters. The minimum Gasteiger partial charge on any atom is -0.381 e. The van der Waals surface area contributed by atoms with Gasteiger partial charge in [-0.2, -0.15) is 0 Å². The van der Waals surface area contributed by atoms with Gasteiger partial charge in [-0.15, -0.1) is 0 Å². The van der Waals surface area contributed by atoms with Gasteiger partial charge >= 0.3 is 0 Å². The Labute approximate surface area is 111 Å². The van der Waals surface area contributed by atoms with Crippen LogP contribution in [0.4, 0.5) is 0 Å². The lowest BCUT2D eigenvalue weighted by molar-refractivity contribution is 0.0452. The van der Waals surface area contributed by atoms with Crippen LogP contribution in [-0.2, 0) is 4.74 Å². The van der Waals surface area contributed by atoms with Gasteiger partial charge in [0.15, 0.2) is 0 Å². The molecular formula is C16H25NO. The second kappa shape index (κ2) is 6.35. The van der Waals surface area contributed by atoms with E-state index in [2.05, 4.69) is 49.5 Å². The second-order valence-electron chi connectivity index (χ2n) is 5.70. The van der Waals surface area contributed by atoms with Crippen molar-refractivity contribution in [3.8, 4) is 0 Å². The molecule has 1 aromatic rings. The molecule has 0 bridgehead atoms. The lowest BCUT2D eigenvalue weighted by Crippen LogP contribution is -2.47. The van der Waals surface area contributed by atoms with E-state index in [1.807, 2.05) is 0 Å². The van der Waals surface area contributed by atoms with Gasteiger partial charge in [0.05, 0.1) is 0 Å². The van der Waals surface area contributed by atoms with Crippen molar-refractivity contribution < 1.29 is 4.74 Å². The van der Waals surface area contributed by atoms with Crippen LogP contribution in [0.2, 0.25) is 0 Å². The molecule has 1 N–H and O–H groups in total. The quantitative estimate of drug-likeness (QED) is 0.861. The van der Waals surface area contributed by atoms with Gasteiger partial charge in [0.1, 0.15) is 0 Å². The first-order valence-electron chi connectivity index (χ1n) is 7.07. The van der Waals surface area contributed by atoms with E-state index < -0.39 is 0 Å². The summed E-state index contributed by atoms with van der Waals surface area (Å²) in [6.45, 7) is 7.52. The summed E-state index contributed by atoms with van der Waals surface area (Å²) < 4.78 is 5.42. The number of hydrogen-bond donors (Lipinski definition) is 1. The Morgan fingerprint density at radius 3 is 2.56 bits per heavy atom. The lowest BCUT2D eigenvalue weighted by Gasteiger charge is -2.35. The molecule has 2 rings (SSSR count). The number of benzene rings is 1. The van der Waals surface area contributed by atoms with Crippen LogP contribution in [0.1, 0.15) is 44.6 Å². The molecular weight excluding hydrogens is 222 g/mol. The van der Waals surface area contributed by atoms with E-state index >= 15 is 0 Å². The molecule has 1 saturated heterocycles. The van der Waals surface area contributed by atoms with Gasteiger partial charge in [-0.25, -0.2) is 0 Å². The maximum atomic E-state index is 5.42. The zero-order valence-electron chi connectivity index (χ0n) is 11.6. The van der Waals surface area contributed by atoms with E-state index in [1.54, 1.807) is 0 Å². The van der Waals surface area contributed by atoms with Gasteiger partial charge in [-0.3, -0.25) is 0 Å². The Balaban J connectivity index is 1.75. The Hall–Kier alpha value is -0.860. The largest absolute Gasteiger partial charge is 0.381 e. The highest BCUT2D eigenvalue weighted by molar-refractivity contribution is 5.18. The lowest BCUT2D eigenvalue weighted by atomic mass is 9.91. The maximum Gasteiger partial charge on any atom is 0.0483 e. The van der Waals surface area contributed by atoms with Gasteiger partial charge in [0.2, 0.25) is 0 Å². The molecule has 100 valence electrons. The summed E-state index contributed by atoms with van der Waals surface area (Å²) in [6, 6.07) is 10.8. The molecule has 1 fully saturated rings. The summed E-state index contributed by atoms with van der Waals surface area (Å²) in [4.78, 5) is 0. The maximum absolute atomic E-state index is 5.42. The molecule has 0 radical (unpaired) electrons. The van der Waals surface area contributed by atoms with E-state index in [1.165, 1.54) is 12.0 Å². The monoisotopic (exact) mass is 247 g/mol. The smallest absolute Gasteiger partial charge is 0.0483 e. The number of nitrogens with one attached hydrogen (secondary N) is 1. The van der Waals surface area contributed by atoms with Crippen molar-refractivity contribution >= 4 is 0 Å². The van der Waals surface area contributed by atoms with Crippen molar-refractivity contribution in [1.82, 2.24) is 5.32 Å². The summed E-state index contributed by atoms with van der Waals surface area (Å²) in [6.07, 6.45) is 3.46. The van der Waals surface area contributed by atoms with Crippen molar-refractivity contribution in [2.75, 3.05) is 19.8 Å². The van der Waals surface area contributed by atoms with Crippen molar-refractivity contribution in [3.63, 3.8) is 0 Å². The van der Waals surface area contributed by atoms with Crippen LogP contribution in [0.5, 0.6) is 0 Å². The highest BCUT2D eigenvalue weighted by Gasteiger charge is 2.26. The van der Waals surface area contributed by atoms with Gasteiger partial charge in [-0.05, 0) is 44.2 Å². The van der Waals surface area contributed by atoms with Crippen LogP contribution >= 0.6 is 0 Å². The SMILES string of the molecule is CC(CCNC1(C)CCOCC1)c1ccccc1. The summed E-state index contributed by atoms with van der Waals surface area (Å²) in [5.41, 5.74) is 1.73. The number of hydrogen-bond acceptors (Lipinski definition) is 2. The van der Waals surface area contributed by atoms with Gasteiger partial charge in [0, 0.05) is 18.8 Å². The Bertz CT molecular complexity index is 343. The first-order valence-corrected chi connectivity index (χ1v) is 7.07. The molecule has 0 spiro atoms. The Morgan fingerprint density at radius 2 is 1.89 bits per heavy atom. The van der Waals surface area contributed by atoms with Crippen LogP contribution < -0.4 is 5.32 Å². The van der Waals surface area contributed by atoms with Crippen LogP contribution in [-0.4, -0.2) is 25.3 Å². The highest BCUT2D eigenvalue weighted by Crippen LogP contribution is 2.21. The average Bonchev–Trinajstić information content (AvgIpc) is 2.40. The molecule has 1 unspecified atom stereocenters. The minimum atomic E-state index is 0.286. The van der Waals surface area contributed by atoms with Crippen molar-refractivity contribution in [1.29, 1.82) is 0 Å². The first kappa shape index (κ1) is 13.6. The minimum absolute atomic E-state index is 0.286. The predicted octanol–water partition coefficient (Wildman–Crippen LogP) is 3.34. The standard InChI is InChI=1S/C16H25NO/c1-14(15-6-4-3-5-7-15)8-11-17-16(2)9-12-18-13-10-16/h3-7,14,17H,8-13H2,1-2H3. The molecule has 0 saturated carbocycles. The third-order valence-electron chi connectivity index (χ3n) is 4.09. The van der Waals surface area contributed by atoms with Gasteiger partial charge in [-0.1, -0.05) is 37.3 Å². The summed E-state index contributed by atoms with van der Waals surface area (Å²) in [7, 11) is 0. The molecule has 0 aromatic heterocycles. The van der Waals surface area contributed by atoms with Crippen LogP contribution in [0.25, 0.3) is 0 Å². The molecule has 1 heterocycles. The fraction of sp³-hybridized carbons (Fsp3) is 0.625. The number of ether oxygens (including phenoxy) is 1. The van der Waals surface area contributed by atoms with E-state index in [4.69, 9.17) is 4.74 Å². The fourth-order valence-corrected chi connectivity index (χ4v) is 2.54. The molecule has 1 aliphatic heterocycles. The second-order valence-corrected chi connectivity index (χ2v) is 5.70. The summed E-state index contributed by atoms with van der Waals surface area (Å²) in [5, 5.41) is 3.72. The van der Waals surface area contributed by atoms with Gasteiger partial charge in [0.25, 0.3) is 0 Å². The van der Waals surface area contributed by atoms with E-state index in [9.17, 15) is 0 Å². The summed E-state index contributed by atoms with van der Waals surface area (Å²) in [5.74, 6) is 0.627. The zero-order valence-corrected chi connectivity index (χ0v) is 11.6. The Kier molecular flexibility index (Phi) is 4.79.